The number of hydrogen-bond acceptors (Lipinski definition) is 6. The SMILES string of the molecule is CC(C)NC(=O)C(=O)NC[C@@H](c1cccs1)S(=O)(=O)c1cccs1. The smallest absolute Gasteiger partial charge is 0.309 e. The minimum absolute atomic E-state index is 0.162. The molecule has 2 aromatic rings. The fraction of sp³-hybridized carbons (Fsp3) is 0.333. The van der Waals surface area contributed by atoms with Crippen molar-refractivity contribution in [1.82, 2.24) is 10.6 Å². The van der Waals surface area contributed by atoms with Gasteiger partial charge in [0, 0.05) is 17.5 Å². The number of rotatable bonds is 6. The van der Waals surface area contributed by atoms with E-state index in [-0.39, 0.29) is 16.8 Å². The highest BCUT2D eigenvalue weighted by Crippen LogP contribution is 2.33. The van der Waals surface area contributed by atoms with Gasteiger partial charge in [-0.15, -0.1) is 22.7 Å². The standard InChI is InChI=1S/C15H18N2O4S3/c1-10(2)17-15(19)14(18)16-9-12(11-5-3-7-22-11)24(20,21)13-6-4-8-23-13/h3-8,10,12H,9H2,1-2H3,(H,16,18)(H,17,19)/t12-/m0/s1. The highest BCUT2D eigenvalue weighted by atomic mass is 32.2. The first-order valence-electron chi connectivity index (χ1n) is 7.22. The highest BCUT2D eigenvalue weighted by molar-refractivity contribution is 7.93. The third kappa shape index (κ3) is 4.43. The van der Waals surface area contributed by atoms with E-state index in [1.807, 2.05) is 0 Å². The van der Waals surface area contributed by atoms with Crippen LogP contribution in [0.15, 0.2) is 39.2 Å². The average Bonchev–Trinajstić information content (AvgIpc) is 3.20. The molecule has 0 aliphatic rings. The summed E-state index contributed by atoms with van der Waals surface area (Å²) in [5.41, 5.74) is 0. The number of carbonyl (C=O) groups is 2. The Balaban J connectivity index is 2.17. The third-order valence-corrected chi connectivity index (χ3v) is 7.73. The molecule has 0 saturated carbocycles. The summed E-state index contributed by atoms with van der Waals surface area (Å²) < 4.78 is 25.9. The maximum Gasteiger partial charge on any atom is 0.309 e. The molecule has 2 heterocycles. The van der Waals surface area contributed by atoms with Gasteiger partial charge >= 0.3 is 11.8 Å². The summed E-state index contributed by atoms with van der Waals surface area (Å²) in [6.07, 6.45) is 0. The van der Waals surface area contributed by atoms with E-state index < -0.39 is 26.9 Å². The molecule has 0 bridgehead atoms. The van der Waals surface area contributed by atoms with Crippen LogP contribution in [0.3, 0.4) is 0 Å². The molecule has 6 nitrogen and oxygen atoms in total. The van der Waals surface area contributed by atoms with Crippen molar-refractivity contribution in [2.24, 2.45) is 0 Å². The molecule has 24 heavy (non-hydrogen) atoms. The molecule has 2 N–H and O–H groups in total. The fourth-order valence-corrected chi connectivity index (χ4v) is 5.99. The van der Waals surface area contributed by atoms with Crippen LogP contribution in [0.25, 0.3) is 0 Å². The molecule has 0 aliphatic carbocycles. The summed E-state index contributed by atoms with van der Waals surface area (Å²) in [5, 5.41) is 7.44. The first-order chi connectivity index (χ1) is 11.3. The molecule has 0 radical (unpaired) electrons. The largest absolute Gasteiger partial charge is 0.346 e. The van der Waals surface area contributed by atoms with Crippen molar-refractivity contribution in [2.45, 2.75) is 29.3 Å². The van der Waals surface area contributed by atoms with Gasteiger partial charge in [-0.3, -0.25) is 9.59 Å². The fourth-order valence-electron chi connectivity index (χ4n) is 2.00. The summed E-state index contributed by atoms with van der Waals surface area (Å²) in [6, 6.07) is 6.49. The maximum absolute atomic E-state index is 12.8. The lowest BCUT2D eigenvalue weighted by atomic mass is 10.3. The Morgan fingerprint density at radius 3 is 2.29 bits per heavy atom. The van der Waals surface area contributed by atoms with Crippen molar-refractivity contribution >= 4 is 44.3 Å². The molecular weight excluding hydrogens is 368 g/mol. The van der Waals surface area contributed by atoms with Gasteiger partial charge in [0.25, 0.3) is 0 Å². The van der Waals surface area contributed by atoms with Crippen LogP contribution in [0.5, 0.6) is 0 Å². The van der Waals surface area contributed by atoms with Crippen LogP contribution in [0.2, 0.25) is 0 Å². The number of carbonyl (C=O) groups excluding carboxylic acids is 2. The predicted molar refractivity (Wildman–Crippen MR) is 94.9 cm³/mol. The summed E-state index contributed by atoms with van der Waals surface area (Å²) in [7, 11) is -3.64. The van der Waals surface area contributed by atoms with Crippen LogP contribution >= 0.6 is 22.7 Å². The van der Waals surface area contributed by atoms with Crippen LogP contribution in [0, 0.1) is 0 Å². The van der Waals surface area contributed by atoms with Crippen molar-refractivity contribution in [3.63, 3.8) is 0 Å². The lowest BCUT2D eigenvalue weighted by molar-refractivity contribution is -0.139. The molecule has 130 valence electrons. The summed E-state index contributed by atoms with van der Waals surface area (Å²) in [5.74, 6) is -1.62. The van der Waals surface area contributed by atoms with Crippen molar-refractivity contribution < 1.29 is 18.0 Å². The Kier molecular flexibility index (Phi) is 6.14. The van der Waals surface area contributed by atoms with E-state index in [9.17, 15) is 18.0 Å². The molecule has 0 aromatic carbocycles. The van der Waals surface area contributed by atoms with E-state index in [1.165, 1.54) is 17.4 Å². The van der Waals surface area contributed by atoms with Gasteiger partial charge in [-0.25, -0.2) is 8.42 Å². The molecule has 0 saturated heterocycles. The lowest BCUT2D eigenvalue weighted by Gasteiger charge is -2.16. The minimum atomic E-state index is -3.64. The minimum Gasteiger partial charge on any atom is -0.346 e. The summed E-state index contributed by atoms with van der Waals surface area (Å²) in [6.45, 7) is 3.31. The Labute approximate surface area is 148 Å². The molecule has 0 fully saturated rings. The van der Waals surface area contributed by atoms with E-state index >= 15 is 0 Å². The van der Waals surface area contributed by atoms with E-state index in [2.05, 4.69) is 10.6 Å². The van der Waals surface area contributed by atoms with E-state index in [1.54, 1.807) is 42.8 Å². The van der Waals surface area contributed by atoms with Gasteiger partial charge < -0.3 is 10.6 Å². The Bertz CT molecular complexity index is 781. The maximum atomic E-state index is 12.8. The average molecular weight is 387 g/mol. The first-order valence-corrected chi connectivity index (χ1v) is 10.5. The van der Waals surface area contributed by atoms with Crippen LogP contribution in [-0.2, 0) is 19.4 Å². The molecule has 2 rings (SSSR count). The summed E-state index contributed by atoms with van der Waals surface area (Å²) in [4.78, 5) is 24.1. The normalized spacial score (nSPS) is 12.8. The van der Waals surface area contributed by atoms with Crippen LogP contribution in [0.4, 0.5) is 0 Å². The number of nitrogens with one attached hydrogen (secondary N) is 2. The van der Waals surface area contributed by atoms with E-state index in [0.29, 0.717) is 4.88 Å². The highest BCUT2D eigenvalue weighted by Gasteiger charge is 2.31. The van der Waals surface area contributed by atoms with Crippen molar-refractivity contribution in [3.05, 3.63) is 39.9 Å². The van der Waals surface area contributed by atoms with Crippen LogP contribution < -0.4 is 10.6 Å². The molecule has 1 atom stereocenters. The lowest BCUT2D eigenvalue weighted by Crippen LogP contribution is -2.44. The molecule has 2 aromatic heterocycles. The molecule has 2 amide bonds. The number of amides is 2. The Morgan fingerprint density at radius 1 is 1.08 bits per heavy atom. The van der Waals surface area contributed by atoms with Gasteiger partial charge in [0.15, 0.2) is 9.84 Å². The van der Waals surface area contributed by atoms with Crippen molar-refractivity contribution in [3.8, 4) is 0 Å². The van der Waals surface area contributed by atoms with Crippen molar-refractivity contribution in [2.75, 3.05) is 6.54 Å². The molecule has 9 heteroatoms. The van der Waals surface area contributed by atoms with Crippen molar-refractivity contribution in [1.29, 1.82) is 0 Å². The van der Waals surface area contributed by atoms with Crippen LogP contribution in [-0.4, -0.2) is 32.8 Å². The number of thiophene rings is 2. The van der Waals surface area contributed by atoms with Crippen LogP contribution in [0.1, 0.15) is 24.0 Å². The molecule has 0 spiro atoms. The topological polar surface area (TPSA) is 92.3 Å². The monoisotopic (exact) mass is 386 g/mol. The Hall–Kier alpha value is -1.71. The zero-order valence-corrected chi connectivity index (χ0v) is 15.6. The van der Waals surface area contributed by atoms with Gasteiger partial charge in [-0.1, -0.05) is 12.1 Å². The van der Waals surface area contributed by atoms with Gasteiger partial charge in [0.1, 0.15) is 9.46 Å². The van der Waals surface area contributed by atoms with E-state index in [4.69, 9.17) is 0 Å². The van der Waals surface area contributed by atoms with E-state index in [0.717, 1.165) is 11.3 Å². The molecular formula is C15H18N2O4S3. The zero-order chi connectivity index (χ0) is 17.7. The second kappa shape index (κ2) is 7.91. The quantitative estimate of drug-likeness (QED) is 0.743. The Morgan fingerprint density at radius 2 is 1.75 bits per heavy atom. The predicted octanol–water partition coefficient (Wildman–Crippen LogP) is 1.97. The second-order valence-corrected chi connectivity index (χ2v) is 9.60. The summed E-state index contributed by atoms with van der Waals surface area (Å²) >= 11 is 2.43. The van der Waals surface area contributed by atoms with Gasteiger partial charge in [0.2, 0.25) is 0 Å². The number of sulfone groups is 1. The molecule has 0 unspecified atom stereocenters. The third-order valence-electron chi connectivity index (χ3n) is 3.08. The van der Waals surface area contributed by atoms with Gasteiger partial charge in [-0.05, 0) is 36.7 Å². The second-order valence-electron chi connectivity index (χ2n) is 5.32. The first kappa shape index (κ1) is 18.6. The zero-order valence-electron chi connectivity index (χ0n) is 13.2. The van der Waals surface area contributed by atoms with Gasteiger partial charge in [-0.2, -0.15) is 0 Å². The number of hydrogen-bond donors (Lipinski definition) is 2. The molecule has 0 aliphatic heterocycles. The van der Waals surface area contributed by atoms with Gasteiger partial charge in [0.05, 0.1) is 0 Å².